The second kappa shape index (κ2) is 19.8. The van der Waals surface area contributed by atoms with Crippen LogP contribution in [0.4, 0.5) is 4.79 Å². The first kappa shape index (κ1) is 40.8. The van der Waals surface area contributed by atoms with Gasteiger partial charge in [0.2, 0.25) is 0 Å². The van der Waals surface area contributed by atoms with Crippen molar-refractivity contribution in [1.29, 1.82) is 0 Å². The van der Waals surface area contributed by atoms with E-state index < -0.39 is 59.3 Å². The fourth-order valence-electron chi connectivity index (χ4n) is 6.00. The molecule has 0 saturated carbocycles. The number of benzene rings is 4. The molecule has 0 aromatic heterocycles. The van der Waals surface area contributed by atoms with Gasteiger partial charge in [-0.2, -0.15) is 0 Å². The molecule has 6 atom stereocenters. The molecular formula is C42H48N2O11. The Kier molecular flexibility index (Phi) is 14.7. The summed E-state index contributed by atoms with van der Waals surface area (Å²) in [5.41, 5.74) is 2.54. The van der Waals surface area contributed by atoms with Crippen molar-refractivity contribution in [3.05, 3.63) is 148 Å². The normalized spacial score (nSPS) is 20.2. The summed E-state index contributed by atoms with van der Waals surface area (Å²) < 4.78 is 41.8. The predicted octanol–water partition coefficient (Wildman–Crippen LogP) is 6.43. The van der Waals surface area contributed by atoms with Crippen LogP contribution in [0.1, 0.15) is 43.0 Å². The topological polar surface area (TPSA) is 154 Å². The van der Waals surface area contributed by atoms with Crippen molar-refractivity contribution in [2.24, 2.45) is 0 Å². The summed E-state index contributed by atoms with van der Waals surface area (Å²) in [6.45, 7) is 5.69. The molecule has 1 saturated heterocycles. The number of esters is 1. The Morgan fingerprint density at radius 3 is 1.80 bits per heavy atom. The largest absolute Gasteiger partial charge is 0.467 e. The SMILES string of the molecule is COC(=O)[C@H](Cc1ccc(O[C@H]2O[C@H](COCc3ccccc3)[C@H](OCc3ccccc3)[C@H](OCc3ccccc3)[C@H]2[N+](=O)[O-])cc1)NC(=O)OC(C)(C)C. The summed E-state index contributed by atoms with van der Waals surface area (Å²) in [6.07, 6.45) is -4.93. The van der Waals surface area contributed by atoms with Crippen LogP contribution in [-0.4, -0.2) is 73.0 Å². The molecule has 1 aliphatic rings. The molecule has 5 rings (SSSR count). The molecule has 0 unspecified atom stereocenters. The van der Waals surface area contributed by atoms with Gasteiger partial charge in [0.1, 0.15) is 29.6 Å². The van der Waals surface area contributed by atoms with Gasteiger partial charge in [0.05, 0.1) is 33.5 Å². The highest BCUT2D eigenvalue weighted by Crippen LogP contribution is 2.32. The van der Waals surface area contributed by atoms with Crippen molar-refractivity contribution in [2.45, 2.75) is 89.3 Å². The highest BCUT2D eigenvalue weighted by molar-refractivity contribution is 5.81. The molecule has 1 N–H and O–H groups in total. The van der Waals surface area contributed by atoms with E-state index in [0.717, 1.165) is 16.7 Å². The summed E-state index contributed by atoms with van der Waals surface area (Å²) in [7, 11) is 1.23. The minimum atomic E-state index is -1.50. The van der Waals surface area contributed by atoms with E-state index >= 15 is 0 Å². The lowest BCUT2D eigenvalue weighted by molar-refractivity contribution is -0.572. The fourth-order valence-corrected chi connectivity index (χ4v) is 6.00. The van der Waals surface area contributed by atoms with Gasteiger partial charge in [0.15, 0.2) is 6.10 Å². The van der Waals surface area contributed by atoms with E-state index in [1.165, 1.54) is 7.11 Å². The number of nitrogens with zero attached hydrogens (tertiary/aromatic N) is 1. The zero-order chi connectivity index (χ0) is 39.2. The van der Waals surface area contributed by atoms with Crippen LogP contribution in [0.25, 0.3) is 0 Å². The third kappa shape index (κ3) is 12.6. The number of carbonyl (C=O) groups excluding carboxylic acids is 2. The Labute approximate surface area is 320 Å². The van der Waals surface area contributed by atoms with Gasteiger partial charge in [-0.1, -0.05) is 103 Å². The van der Waals surface area contributed by atoms with Gasteiger partial charge in [-0.3, -0.25) is 10.1 Å². The van der Waals surface area contributed by atoms with Crippen molar-refractivity contribution >= 4 is 12.1 Å². The van der Waals surface area contributed by atoms with E-state index in [0.29, 0.717) is 5.56 Å². The predicted molar refractivity (Wildman–Crippen MR) is 202 cm³/mol. The molecule has 13 heteroatoms. The fraction of sp³-hybridized carbons (Fsp3) is 0.381. The molecule has 13 nitrogen and oxygen atoms in total. The van der Waals surface area contributed by atoms with E-state index in [-0.39, 0.29) is 38.6 Å². The number of hydrogen-bond donors (Lipinski definition) is 1. The van der Waals surface area contributed by atoms with Crippen LogP contribution >= 0.6 is 0 Å². The van der Waals surface area contributed by atoms with Crippen molar-refractivity contribution < 1.29 is 47.7 Å². The maximum Gasteiger partial charge on any atom is 0.408 e. The Bertz CT molecular complexity index is 1790. The molecule has 55 heavy (non-hydrogen) atoms. The lowest BCUT2D eigenvalue weighted by Gasteiger charge is -2.42. The van der Waals surface area contributed by atoms with E-state index in [4.69, 9.17) is 33.2 Å². The van der Waals surface area contributed by atoms with Gasteiger partial charge in [-0.25, -0.2) is 9.59 Å². The first-order valence-corrected chi connectivity index (χ1v) is 18.0. The molecule has 4 aromatic carbocycles. The van der Waals surface area contributed by atoms with E-state index in [2.05, 4.69) is 5.32 Å². The van der Waals surface area contributed by atoms with E-state index in [1.807, 2.05) is 91.0 Å². The Hall–Kier alpha value is -5.34. The number of amides is 1. The maximum atomic E-state index is 12.9. The molecule has 0 aliphatic carbocycles. The molecule has 1 aliphatic heterocycles. The molecule has 292 valence electrons. The van der Waals surface area contributed by atoms with Gasteiger partial charge in [-0.05, 0) is 55.2 Å². The molecule has 4 aromatic rings. The number of rotatable bonds is 17. The first-order chi connectivity index (χ1) is 26.5. The lowest BCUT2D eigenvalue weighted by atomic mass is 9.96. The Balaban J connectivity index is 1.39. The Morgan fingerprint density at radius 1 is 0.764 bits per heavy atom. The zero-order valence-electron chi connectivity index (χ0n) is 31.4. The van der Waals surface area contributed by atoms with Crippen molar-refractivity contribution in [2.75, 3.05) is 13.7 Å². The van der Waals surface area contributed by atoms with Crippen LogP contribution in [-0.2, 0) is 59.5 Å². The second-order valence-electron chi connectivity index (χ2n) is 14.0. The molecule has 1 heterocycles. The van der Waals surface area contributed by atoms with Gasteiger partial charge >= 0.3 is 18.1 Å². The van der Waals surface area contributed by atoms with Crippen LogP contribution in [0.3, 0.4) is 0 Å². The number of hydrogen-bond acceptors (Lipinski definition) is 11. The highest BCUT2D eigenvalue weighted by Gasteiger charge is 2.55. The summed E-state index contributed by atoms with van der Waals surface area (Å²) in [6, 6.07) is 32.6. The van der Waals surface area contributed by atoms with Crippen LogP contribution in [0, 0.1) is 10.1 Å². The summed E-state index contributed by atoms with van der Waals surface area (Å²) in [4.78, 5) is 37.4. The third-order valence-electron chi connectivity index (χ3n) is 8.61. The van der Waals surface area contributed by atoms with Gasteiger partial charge in [0, 0.05) is 11.3 Å². The van der Waals surface area contributed by atoms with Crippen LogP contribution in [0.2, 0.25) is 0 Å². The molecular weight excluding hydrogens is 708 g/mol. The van der Waals surface area contributed by atoms with Gasteiger partial charge in [-0.15, -0.1) is 0 Å². The maximum absolute atomic E-state index is 12.9. The number of nitro groups is 1. The second-order valence-corrected chi connectivity index (χ2v) is 14.0. The molecule has 0 radical (unpaired) electrons. The smallest absolute Gasteiger partial charge is 0.408 e. The van der Waals surface area contributed by atoms with Crippen LogP contribution in [0.5, 0.6) is 5.75 Å². The molecule has 1 amide bonds. The van der Waals surface area contributed by atoms with E-state index in [1.54, 1.807) is 45.0 Å². The van der Waals surface area contributed by atoms with Crippen molar-refractivity contribution in [3.63, 3.8) is 0 Å². The minimum Gasteiger partial charge on any atom is -0.467 e. The molecule has 1 fully saturated rings. The third-order valence-corrected chi connectivity index (χ3v) is 8.61. The standard InChI is InChI=1S/C42H48N2O11/c1-42(2,3)55-41(46)43-34(39(45)49-4)24-29-20-22-33(23-21-29)53-40-36(44(47)48)38(52-27-32-18-12-7-13-19-32)37(51-26-31-16-10-6-11-17-31)35(54-40)28-50-25-30-14-8-5-9-15-30/h5-23,34-38,40H,24-28H2,1-4H3,(H,43,46)/t34-,35+,36+,37-,38+,40-/m0/s1. The van der Waals surface area contributed by atoms with Crippen molar-refractivity contribution in [1.82, 2.24) is 5.32 Å². The van der Waals surface area contributed by atoms with Gasteiger partial charge < -0.3 is 38.5 Å². The number of nitrogens with one attached hydrogen (secondary N) is 1. The molecule has 0 spiro atoms. The minimum absolute atomic E-state index is 0.0301. The first-order valence-electron chi connectivity index (χ1n) is 18.0. The number of carbonyl (C=O) groups is 2. The van der Waals surface area contributed by atoms with Crippen LogP contribution < -0.4 is 10.1 Å². The average molecular weight is 757 g/mol. The number of alkyl carbamates (subject to hydrolysis) is 1. The number of methoxy groups -OCH3 is 1. The molecule has 0 bridgehead atoms. The summed E-state index contributed by atoms with van der Waals surface area (Å²) >= 11 is 0. The average Bonchev–Trinajstić information content (AvgIpc) is 3.17. The quantitative estimate of drug-likeness (QED) is 0.0720. The highest BCUT2D eigenvalue weighted by atomic mass is 16.7. The Morgan fingerprint density at radius 2 is 1.29 bits per heavy atom. The zero-order valence-corrected chi connectivity index (χ0v) is 31.4. The lowest BCUT2D eigenvalue weighted by Crippen LogP contribution is -2.64. The van der Waals surface area contributed by atoms with Crippen LogP contribution in [0.15, 0.2) is 115 Å². The summed E-state index contributed by atoms with van der Waals surface area (Å²) in [5.74, 6) is -0.383. The monoisotopic (exact) mass is 756 g/mol. The number of ether oxygens (including phenoxy) is 7. The van der Waals surface area contributed by atoms with Gasteiger partial charge in [0.25, 0.3) is 6.29 Å². The summed E-state index contributed by atoms with van der Waals surface area (Å²) in [5, 5.41) is 15.5. The van der Waals surface area contributed by atoms with E-state index in [9.17, 15) is 19.7 Å². The van der Waals surface area contributed by atoms with Crippen molar-refractivity contribution in [3.8, 4) is 5.75 Å².